The number of nitrogens with one attached hydrogen (secondary N) is 1. The van der Waals surface area contributed by atoms with Gasteiger partial charge in [-0.15, -0.1) is 0 Å². The lowest BCUT2D eigenvalue weighted by atomic mass is 9.73. The van der Waals surface area contributed by atoms with Crippen LogP contribution < -0.4 is 5.32 Å². The van der Waals surface area contributed by atoms with Crippen molar-refractivity contribution in [2.75, 3.05) is 0 Å². The Morgan fingerprint density at radius 2 is 2.17 bits per heavy atom. The van der Waals surface area contributed by atoms with Crippen molar-refractivity contribution >= 4 is 27.5 Å². The van der Waals surface area contributed by atoms with Crippen molar-refractivity contribution in [3.05, 3.63) is 33.3 Å². The molecule has 1 aromatic rings. The summed E-state index contributed by atoms with van der Waals surface area (Å²) in [6.07, 6.45) is 5.32. The highest BCUT2D eigenvalue weighted by molar-refractivity contribution is 9.10. The number of halogens is 2. The van der Waals surface area contributed by atoms with Gasteiger partial charge in [-0.05, 0) is 42.0 Å². The molecule has 0 heterocycles. The van der Waals surface area contributed by atoms with E-state index in [1.807, 2.05) is 18.2 Å². The smallest absolute Gasteiger partial charge is 0.0410 e. The summed E-state index contributed by atoms with van der Waals surface area (Å²) >= 11 is 9.63. The first-order chi connectivity index (χ1) is 8.49. The predicted octanol–water partition coefficient (Wildman–Crippen LogP) is 5.16. The van der Waals surface area contributed by atoms with Gasteiger partial charge in [0.2, 0.25) is 0 Å². The van der Waals surface area contributed by atoms with Crippen LogP contribution in [0.5, 0.6) is 0 Å². The lowest BCUT2D eigenvalue weighted by molar-refractivity contribution is 0.166. The summed E-state index contributed by atoms with van der Waals surface area (Å²) in [7, 11) is 0. The molecule has 0 amide bonds. The van der Waals surface area contributed by atoms with E-state index in [9.17, 15) is 0 Å². The Morgan fingerprint density at radius 1 is 1.39 bits per heavy atom. The third-order valence-corrected chi connectivity index (χ3v) is 5.06. The monoisotopic (exact) mass is 329 g/mol. The van der Waals surface area contributed by atoms with Crippen LogP contribution in [0.4, 0.5) is 0 Å². The molecule has 0 aliphatic heterocycles. The van der Waals surface area contributed by atoms with E-state index >= 15 is 0 Å². The SMILES string of the molecule is CC1(C)CCCCC1NCc1cc(Cl)ccc1Br. The molecule has 1 aliphatic rings. The molecule has 0 spiro atoms. The molecule has 18 heavy (non-hydrogen) atoms. The zero-order valence-corrected chi connectivity index (χ0v) is 13.4. The fourth-order valence-electron chi connectivity index (χ4n) is 2.78. The molecule has 0 saturated heterocycles. The van der Waals surface area contributed by atoms with Crippen molar-refractivity contribution < 1.29 is 0 Å². The molecule has 1 N–H and O–H groups in total. The molecule has 0 bridgehead atoms. The fourth-order valence-corrected chi connectivity index (χ4v) is 3.37. The summed E-state index contributed by atoms with van der Waals surface area (Å²) in [5.41, 5.74) is 1.65. The van der Waals surface area contributed by atoms with Crippen molar-refractivity contribution in [2.45, 2.75) is 52.1 Å². The van der Waals surface area contributed by atoms with Crippen LogP contribution in [-0.2, 0) is 6.54 Å². The Bertz CT molecular complexity index is 417. The zero-order chi connectivity index (χ0) is 13.2. The first-order valence-electron chi connectivity index (χ1n) is 6.66. The van der Waals surface area contributed by atoms with Crippen molar-refractivity contribution in [2.24, 2.45) is 5.41 Å². The summed E-state index contributed by atoms with van der Waals surface area (Å²) in [5.74, 6) is 0. The summed E-state index contributed by atoms with van der Waals surface area (Å²) in [5, 5.41) is 4.51. The third-order valence-electron chi connectivity index (χ3n) is 4.05. The second-order valence-electron chi connectivity index (χ2n) is 5.90. The second-order valence-corrected chi connectivity index (χ2v) is 7.19. The Labute approximate surface area is 123 Å². The van der Waals surface area contributed by atoms with E-state index in [4.69, 9.17) is 11.6 Å². The highest BCUT2D eigenvalue weighted by atomic mass is 79.9. The maximum absolute atomic E-state index is 6.05. The van der Waals surface area contributed by atoms with Gasteiger partial charge in [0.15, 0.2) is 0 Å². The third kappa shape index (κ3) is 3.49. The first kappa shape index (κ1) is 14.4. The van der Waals surface area contributed by atoms with E-state index in [2.05, 4.69) is 35.1 Å². The molecule has 1 saturated carbocycles. The highest BCUT2D eigenvalue weighted by Gasteiger charge is 2.31. The molecule has 1 aliphatic carbocycles. The maximum Gasteiger partial charge on any atom is 0.0410 e. The molecule has 1 fully saturated rings. The van der Waals surface area contributed by atoms with Crippen LogP contribution in [0.3, 0.4) is 0 Å². The van der Waals surface area contributed by atoms with E-state index in [0.29, 0.717) is 11.5 Å². The van der Waals surface area contributed by atoms with E-state index in [0.717, 1.165) is 16.0 Å². The summed E-state index contributed by atoms with van der Waals surface area (Å²) in [6, 6.07) is 6.58. The Balaban J connectivity index is 2.00. The number of rotatable bonds is 3. The molecule has 100 valence electrons. The normalized spacial score (nSPS) is 23.0. The van der Waals surface area contributed by atoms with E-state index in [1.165, 1.54) is 31.2 Å². The molecule has 0 aromatic heterocycles. The van der Waals surface area contributed by atoms with Crippen LogP contribution in [0.2, 0.25) is 5.02 Å². The summed E-state index contributed by atoms with van der Waals surface area (Å²) in [6.45, 7) is 5.63. The quantitative estimate of drug-likeness (QED) is 0.807. The second kappa shape index (κ2) is 5.94. The highest BCUT2D eigenvalue weighted by Crippen LogP contribution is 2.35. The van der Waals surface area contributed by atoms with Gasteiger partial charge in [-0.1, -0.05) is 54.2 Å². The van der Waals surface area contributed by atoms with E-state index in [1.54, 1.807) is 0 Å². The largest absolute Gasteiger partial charge is 0.309 e. The van der Waals surface area contributed by atoms with Crippen LogP contribution in [-0.4, -0.2) is 6.04 Å². The van der Waals surface area contributed by atoms with Gasteiger partial charge in [0, 0.05) is 22.1 Å². The summed E-state index contributed by atoms with van der Waals surface area (Å²) in [4.78, 5) is 0. The average molecular weight is 331 g/mol. The minimum absolute atomic E-state index is 0.406. The van der Waals surface area contributed by atoms with Crippen LogP contribution in [0.25, 0.3) is 0 Å². The molecule has 1 nitrogen and oxygen atoms in total. The lowest BCUT2D eigenvalue weighted by Crippen LogP contribution is -2.43. The zero-order valence-electron chi connectivity index (χ0n) is 11.1. The molecular formula is C15H21BrClN. The Morgan fingerprint density at radius 3 is 2.89 bits per heavy atom. The predicted molar refractivity (Wildman–Crippen MR) is 82.0 cm³/mol. The van der Waals surface area contributed by atoms with Crippen molar-refractivity contribution in [1.82, 2.24) is 5.32 Å². The van der Waals surface area contributed by atoms with Crippen LogP contribution >= 0.6 is 27.5 Å². The van der Waals surface area contributed by atoms with Gasteiger partial charge in [0.05, 0.1) is 0 Å². The minimum atomic E-state index is 0.406. The number of hydrogen-bond acceptors (Lipinski definition) is 1. The van der Waals surface area contributed by atoms with Crippen molar-refractivity contribution in [3.8, 4) is 0 Å². The Hall–Kier alpha value is -0.0500. The molecule has 1 unspecified atom stereocenters. The van der Waals surface area contributed by atoms with Gasteiger partial charge in [0.1, 0.15) is 0 Å². The Kier molecular flexibility index (Phi) is 4.74. The van der Waals surface area contributed by atoms with Crippen LogP contribution in [0, 0.1) is 5.41 Å². The van der Waals surface area contributed by atoms with Gasteiger partial charge < -0.3 is 5.32 Å². The average Bonchev–Trinajstić information content (AvgIpc) is 2.31. The van der Waals surface area contributed by atoms with Crippen molar-refractivity contribution in [3.63, 3.8) is 0 Å². The topological polar surface area (TPSA) is 12.0 Å². The van der Waals surface area contributed by atoms with E-state index < -0.39 is 0 Å². The van der Waals surface area contributed by atoms with Crippen LogP contribution in [0.1, 0.15) is 45.1 Å². The lowest BCUT2D eigenvalue weighted by Gasteiger charge is -2.39. The van der Waals surface area contributed by atoms with Gasteiger partial charge in [-0.25, -0.2) is 0 Å². The molecular weight excluding hydrogens is 310 g/mol. The van der Waals surface area contributed by atoms with Crippen LogP contribution in [0.15, 0.2) is 22.7 Å². The first-order valence-corrected chi connectivity index (χ1v) is 7.83. The molecule has 0 radical (unpaired) electrons. The minimum Gasteiger partial charge on any atom is -0.309 e. The number of hydrogen-bond donors (Lipinski definition) is 1. The maximum atomic E-state index is 6.05. The molecule has 2 rings (SSSR count). The molecule has 1 aromatic carbocycles. The van der Waals surface area contributed by atoms with Gasteiger partial charge in [0.25, 0.3) is 0 Å². The fraction of sp³-hybridized carbons (Fsp3) is 0.600. The van der Waals surface area contributed by atoms with Gasteiger partial charge in [-0.2, -0.15) is 0 Å². The number of benzene rings is 1. The molecule has 1 atom stereocenters. The summed E-state index contributed by atoms with van der Waals surface area (Å²) < 4.78 is 1.13. The van der Waals surface area contributed by atoms with Gasteiger partial charge >= 0.3 is 0 Å². The van der Waals surface area contributed by atoms with Crippen molar-refractivity contribution in [1.29, 1.82) is 0 Å². The van der Waals surface area contributed by atoms with Gasteiger partial charge in [-0.3, -0.25) is 0 Å². The molecule has 3 heteroatoms. The standard InChI is InChI=1S/C15H21BrClN/c1-15(2)8-4-3-5-14(15)18-10-11-9-12(17)6-7-13(11)16/h6-7,9,14,18H,3-5,8,10H2,1-2H3. The van der Waals surface area contributed by atoms with E-state index in [-0.39, 0.29) is 0 Å².